The fraction of sp³-hybridized carbons (Fsp3) is 0.353. The molecule has 1 aromatic carbocycles. The number of nitrogens with zero attached hydrogens (tertiary/aromatic N) is 4. The third kappa shape index (κ3) is 3.14. The lowest BCUT2D eigenvalue weighted by Gasteiger charge is -2.23. The van der Waals surface area contributed by atoms with E-state index in [0.29, 0.717) is 29.0 Å². The van der Waals surface area contributed by atoms with Gasteiger partial charge in [-0.2, -0.15) is 18.2 Å². The third-order valence-corrected chi connectivity index (χ3v) is 4.51. The largest absolute Gasteiger partial charge is 0.416 e. The number of imidazole rings is 1. The number of alkyl halides is 3. The van der Waals surface area contributed by atoms with Crippen LogP contribution < -0.4 is 0 Å². The van der Waals surface area contributed by atoms with Gasteiger partial charge in [-0.25, -0.2) is 9.97 Å². The van der Waals surface area contributed by atoms with Crippen molar-refractivity contribution in [3.8, 4) is 11.3 Å². The van der Waals surface area contributed by atoms with Crippen LogP contribution in [0.15, 0.2) is 30.6 Å². The Labute approximate surface area is 151 Å². The van der Waals surface area contributed by atoms with Crippen LogP contribution in [0.3, 0.4) is 0 Å². The minimum absolute atomic E-state index is 0.00459. The van der Waals surface area contributed by atoms with Crippen LogP contribution in [0.2, 0.25) is 5.28 Å². The van der Waals surface area contributed by atoms with Gasteiger partial charge in [0.15, 0.2) is 5.65 Å². The molecule has 1 fully saturated rings. The molecule has 1 aliphatic rings. The topological polar surface area (TPSA) is 52.8 Å². The first kappa shape index (κ1) is 17.2. The van der Waals surface area contributed by atoms with Gasteiger partial charge in [0.1, 0.15) is 17.4 Å². The zero-order valence-electron chi connectivity index (χ0n) is 13.5. The Bertz CT molecular complexity index is 934. The Morgan fingerprint density at radius 3 is 2.54 bits per heavy atom. The van der Waals surface area contributed by atoms with E-state index in [-0.39, 0.29) is 11.5 Å². The summed E-state index contributed by atoms with van der Waals surface area (Å²) in [6.07, 6.45) is -0.0796. The molecule has 0 aliphatic carbocycles. The van der Waals surface area contributed by atoms with Crippen LogP contribution in [0.1, 0.15) is 31.1 Å². The number of fused-ring (bicyclic) bond motifs is 1. The maximum atomic E-state index is 12.8. The summed E-state index contributed by atoms with van der Waals surface area (Å²) in [5.74, 6) is 0. The molecule has 3 aromatic rings. The molecule has 1 saturated heterocycles. The molecule has 26 heavy (non-hydrogen) atoms. The predicted octanol–water partition coefficient (Wildman–Crippen LogP) is 4.86. The molecule has 0 amide bonds. The van der Waals surface area contributed by atoms with Gasteiger partial charge in [0.25, 0.3) is 0 Å². The van der Waals surface area contributed by atoms with E-state index in [1.807, 2.05) is 0 Å². The van der Waals surface area contributed by atoms with E-state index in [1.54, 1.807) is 10.9 Å². The van der Waals surface area contributed by atoms with Gasteiger partial charge in [0, 0.05) is 12.2 Å². The summed E-state index contributed by atoms with van der Waals surface area (Å²) in [6, 6.07) is 4.74. The van der Waals surface area contributed by atoms with E-state index in [1.165, 1.54) is 12.1 Å². The molecular formula is C17H14ClF3N4O. The highest BCUT2D eigenvalue weighted by Crippen LogP contribution is 2.33. The second-order valence-corrected chi connectivity index (χ2v) is 6.40. The molecule has 0 spiro atoms. The second-order valence-electron chi connectivity index (χ2n) is 6.06. The summed E-state index contributed by atoms with van der Waals surface area (Å²) in [5.41, 5.74) is 1.14. The first-order valence-electron chi connectivity index (χ1n) is 8.13. The smallest absolute Gasteiger partial charge is 0.358 e. The van der Waals surface area contributed by atoms with E-state index in [2.05, 4.69) is 15.0 Å². The highest BCUT2D eigenvalue weighted by molar-refractivity contribution is 6.28. The molecule has 2 aromatic heterocycles. The quantitative estimate of drug-likeness (QED) is 0.594. The van der Waals surface area contributed by atoms with Crippen LogP contribution in [-0.2, 0) is 10.9 Å². The number of hydrogen-bond acceptors (Lipinski definition) is 4. The van der Waals surface area contributed by atoms with Crippen molar-refractivity contribution in [2.24, 2.45) is 0 Å². The number of halogens is 4. The van der Waals surface area contributed by atoms with Gasteiger partial charge in [-0.1, -0.05) is 12.1 Å². The lowest BCUT2D eigenvalue weighted by atomic mass is 10.1. The number of benzene rings is 1. The molecule has 0 bridgehead atoms. The van der Waals surface area contributed by atoms with E-state index in [4.69, 9.17) is 16.3 Å². The first-order chi connectivity index (χ1) is 12.4. The Balaban J connectivity index is 1.79. The monoisotopic (exact) mass is 382 g/mol. The zero-order chi connectivity index (χ0) is 18.3. The van der Waals surface area contributed by atoms with Crippen molar-refractivity contribution in [3.05, 3.63) is 41.4 Å². The summed E-state index contributed by atoms with van der Waals surface area (Å²) < 4.78 is 45.9. The van der Waals surface area contributed by atoms with E-state index in [0.717, 1.165) is 31.4 Å². The normalized spacial score (nSPS) is 18.4. The van der Waals surface area contributed by atoms with E-state index < -0.39 is 11.7 Å². The molecule has 0 radical (unpaired) electrons. The van der Waals surface area contributed by atoms with Crippen molar-refractivity contribution in [3.63, 3.8) is 0 Å². The first-order valence-corrected chi connectivity index (χ1v) is 8.50. The van der Waals surface area contributed by atoms with Gasteiger partial charge < -0.3 is 4.74 Å². The van der Waals surface area contributed by atoms with Crippen molar-refractivity contribution in [1.82, 2.24) is 19.5 Å². The summed E-state index contributed by atoms with van der Waals surface area (Å²) in [7, 11) is 0. The maximum Gasteiger partial charge on any atom is 0.416 e. The number of hydrogen-bond donors (Lipinski definition) is 0. The van der Waals surface area contributed by atoms with Gasteiger partial charge >= 0.3 is 6.18 Å². The molecule has 0 N–H and O–H groups in total. The molecule has 1 atom stereocenters. The van der Waals surface area contributed by atoms with Gasteiger partial charge in [0.05, 0.1) is 11.9 Å². The number of rotatable bonds is 2. The van der Waals surface area contributed by atoms with Crippen LogP contribution in [-0.4, -0.2) is 26.1 Å². The Kier molecular flexibility index (Phi) is 4.32. The van der Waals surface area contributed by atoms with Crippen molar-refractivity contribution in [2.75, 3.05) is 6.61 Å². The lowest BCUT2D eigenvalue weighted by Crippen LogP contribution is -2.17. The molecule has 0 saturated carbocycles. The van der Waals surface area contributed by atoms with E-state index in [9.17, 15) is 13.2 Å². The highest BCUT2D eigenvalue weighted by atomic mass is 35.5. The minimum Gasteiger partial charge on any atom is -0.358 e. The Morgan fingerprint density at radius 2 is 1.88 bits per heavy atom. The summed E-state index contributed by atoms with van der Waals surface area (Å²) in [6.45, 7) is 0.662. The number of aromatic nitrogens is 4. The van der Waals surface area contributed by atoms with Crippen LogP contribution in [0.5, 0.6) is 0 Å². The van der Waals surface area contributed by atoms with Crippen molar-refractivity contribution >= 4 is 22.8 Å². The molecule has 5 nitrogen and oxygen atoms in total. The molecule has 3 heterocycles. The fourth-order valence-electron chi connectivity index (χ4n) is 3.06. The molecule has 136 valence electrons. The standard InChI is InChI=1S/C17H14ClF3N4O/c18-16-23-13(10-4-6-11(7-5-10)17(19,20)21)14-15(24-16)25(9-22-14)12-3-1-2-8-26-12/h4-7,9,12H,1-3,8H2. The molecule has 4 rings (SSSR count). The average molecular weight is 383 g/mol. The highest BCUT2D eigenvalue weighted by Gasteiger charge is 2.30. The summed E-state index contributed by atoms with van der Waals surface area (Å²) >= 11 is 6.06. The van der Waals surface area contributed by atoms with Gasteiger partial charge in [-0.15, -0.1) is 0 Å². The zero-order valence-corrected chi connectivity index (χ0v) is 14.3. The van der Waals surface area contributed by atoms with Gasteiger partial charge in [-0.3, -0.25) is 4.57 Å². The average Bonchev–Trinajstić information content (AvgIpc) is 3.05. The predicted molar refractivity (Wildman–Crippen MR) is 89.6 cm³/mol. The van der Waals surface area contributed by atoms with Gasteiger partial charge in [-0.05, 0) is 43.0 Å². The van der Waals surface area contributed by atoms with Crippen LogP contribution >= 0.6 is 11.6 Å². The second kappa shape index (κ2) is 6.51. The van der Waals surface area contributed by atoms with Crippen molar-refractivity contribution in [2.45, 2.75) is 31.7 Å². The third-order valence-electron chi connectivity index (χ3n) is 4.35. The molecule has 1 aliphatic heterocycles. The summed E-state index contributed by atoms with van der Waals surface area (Å²) in [4.78, 5) is 12.8. The maximum absolute atomic E-state index is 12.8. The molecule has 9 heteroatoms. The van der Waals surface area contributed by atoms with Crippen LogP contribution in [0, 0.1) is 0 Å². The fourth-order valence-corrected chi connectivity index (χ4v) is 3.23. The number of ether oxygens (including phenoxy) is 1. The van der Waals surface area contributed by atoms with Crippen molar-refractivity contribution in [1.29, 1.82) is 0 Å². The SMILES string of the molecule is FC(F)(F)c1ccc(-c2nc(Cl)nc3c2ncn3C2CCCCO2)cc1. The molecular weight excluding hydrogens is 369 g/mol. The minimum atomic E-state index is -4.39. The Morgan fingerprint density at radius 1 is 1.12 bits per heavy atom. The van der Waals surface area contributed by atoms with Crippen LogP contribution in [0.25, 0.3) is 22.4 Å². The Hall–Kier alpha value is -2.19. The van der Waals surface area contributed by atoms with Crippen molar-refractivity contribution < 1.29 is 17.9 Å². The molecule has 1 unspecified atom stereocenters. The lowest BCUT2D eigenvalue weighted by molar-refractivity contribution is -0.137. The van der Waals surface area contributed by atoms with Crippen LogP contribution in [0.4, 0.5) is 13.2 Å². The van der Waals surface area contributed by atoms with E-state index >= 15 is 0 Å². The van der Waals surface area contributed by atoms with Gasteiger partial charge in [0.2, 0.25) is 5.28 Å². The summed E-state index contributed by atoms with van der Waals surface area (Å²) in [5, 5.41) is 0.00459.